The van der Waals surface area contributed by atoms with Crippen LogP contribution in [-0.2, 0) is 13.0 Å². The zero-order valence-electron chi connectivity index (χ0n) is 14.1. The smallest absolute Gasteiger partial charge is 0.343 e. The van der Waals surface area contributed by atoms with Gasteiger partial charge in [-0.15, -0.1) is 0 Å². The van der Waals surface area contributed by atoms with E-state index in [0.29, 0.717) is 36.5 Å². The van der Waals surface area contributed by atoms with Crippen molar-refractivity contribution in [3.63, 3.8) is 0 Å². The Labute approximate surface area is 148 Å². The molecule has 1 unspecified atom stereocenters. The average molecular weight is 354 g/mol. The van der Waals surface area contributed by atoms with Crippen LogP contribution in [0.2, 0.25) is 0 Å². The third-order valence-electron chi connectivity index (χ3n) is 5.06. The summed E-state index contributed by atoms with van der Waals surface area (Å²) < 4.78 is 13.0. The fourth-order valence-corrected chi connectivity index (χ4v) is 3.34. The summed E-state index contributed by atoms with van der Waals surface area (Å²) in [5, 5.41) is 10.6. The number of nitrogens with one attached hydrogen (secondary N) is 1. The van der Waals surface area contributed by atoms with Gasteiger partial charge in [0.05, 0.1) is 12.0 Å². The Morgan fingerprint density at radius 3 is 3.08 bits per heavy atom. The fourth-order valence-electron chi connectivity index (χ4n) is 3.34. The second-order valence-corrected chi connectivity index (χ2v) is 6.79. The molecule has 0 radical (unpaired) electrons. The minimum atomic E-state index is -0.202. The molecule has 9 nitrogen and oxygen atoms in total. The molecule has 5 rings (SSSR count). The van der Waals surface area contributed by atoms with Crippen LogP contribution >= 0.6 is 0 Å². The molecule has 0 spiro atoms. The molecule has 9 heteroatoms. The van der Waals surface area contributed by atoms with E-state index in [1.807, 2.05) is 12.1 Å². The van der Waals surface area contributed by atoms with Crippen LogP contribution in [0.5, 0.6) is 5.75 Å². The van der Waals surface area contributed by atoms with E-state index in [4.69, 9.17) is 9.26 Å². The molecule has 1 N–H and O–H groups in total. The van der Waals surface area contributed by atoms with Crippen LogP contribution in [0.25, 0.3) is 11.5 Å². The Balaban J connectivity index is 1.36. The van der Waals surface area contributed by atoms with E-state index >= 15 is 0 Å². The van der Waals surface area contributed by atoms with E-state index in [-0.39, 0.29) is 11.6 Å². The number of H-pyrrole nitrogens is 1. The molecule has 0 aromatic carbocycles. The molecule has 3 aromatic rings. The van der Waals surface area contributed by atoms with Crippen LogP contribution in [0, 0.1) is 0 Å². The Morgan fingerprint density at radius 2 is 2.23 bits per heavy atom. The van der Waals surface area contributed by atoms with Gasteiger partial charge in [-0.05, 0) is 31.7 Å². The lowest BCUT2D eigenvalue weighted by atomic mass is 9.96. The highest BCUT2D eigenvalue weighted by molar-refractivity contribution is 5.51. The summed E-state index contributed by atoms with van der Waals surface area (Å²) in [6, 6.07) is 3.68. The van der Waals surface area contributed by atoms with Crippen molar-refractivity contribution in [1.29, 1.82) is 0 Å². The summed E-state index contributed by atoms with van der Waals surface area (Å²) in [6.07, 6.45) is 6.92. The SMILES string of the molecule is O=c1[nH]nc2n1CC(c1nc(-c3cc(OC4CCC4)ccn3)no1)CC2. The van der Waals surface area contributed by atoms with Crippen molar-refractivity contribution in [2.24, 2.45) is 0 Å². The molecule has 1 atom stereocenters. The molecule has 4 heterocycles. The Morgan fingerprint density at radius 1 is 1.31 bits per heavy atom. The van der Waals surface area contributed by atoms with E-state index in [1.165, 1.54) is 6.42 Å². The van der Waals surface area contributed by atoms with Gasteiger partial charge < -0.3 is 9.26 Å². The lowest BCUT2D eigenvalue weighted by Gasteiger charge is -2.26. The summed E-state index contributed by atoms with van der Waals surface area (Å²) in [5.41, 5.74) is 0.417. The van der Waals surface area contributed by atoms with Crippen molar-refractivity contribution < 1.29 is 9.26 Å². The van der Waals surface area contributed by atoms with Crippen LogP contribution in [0.1, 0.15) is 43.3 Å². The van der Waals surface area contributed by atoms with Crippen LogP contribution in [0.15, 0.2) is 27.6 Å². The summed E-state index contributed by atoms with van der Waals surface area (Å²) in [4.78, 5) is 20.6. The van der Waals surface area contributed by atoms with Gasteiger partial charge in [0.2, 0.25) is 11.7 Å². The van der Waals surface area contributed by atoms with Gasteiger partial charge in [-0.2, -0.15) is 10.1 Å². The molecule has 1 fully saturated rings. The van der Waals surface area contributed by atoms with E-state index in [2.05, 4.69) is 25.3 Å². The number of fused-ring (bicyclic) bond motifs is 1. The van der Waals surface area contributed by atoms with Gasteiger partial charge in [0.15, 0.2) is 0 Å². The number of pyridine rings is 1. The second-order valence-electron chi connectivity index (χ2n) is 6.79. The molecule has 1 aliphatic carbocycles. The van der Waals surface area contributed by atoms with E-state index in [1.54, 1.807) is 10.8 Å². The normalized spacial score (nSPS) is 19.8. The molecule has 2 aliphatic rings. The van der Waals surface area contributed by atoms with Crippen LogP contribution in [0.3, 0.4) is 0 Å². The van der Waals surface area contributed by atoms with Gasteiger partial charge in [0.1, 0.15) is 17.3 Å². The number of nitrogens with zero attached hydrogens (tertiary/aromatic N) is 5. The van der Waals surface area contributed by atoms with Gasteiger partial charge in [0, 0.05) is 25.2 Å². The summed E-state index contributed by atoms with van der Waals surface area (Å²) >= 11 is 0. The van der Waals surface area contributed by atoms with E-state index < -0.39 is 0 Å². The maximum atomic E-state index is 11.8. The first-order valence-electron chi connectivity index (χ1n) is 8.87. The molecular weight excluding hydrogens is 336 g/mol. The van der Waals surface area contributed by atoms with Crippen LogP contribution in [0.4, 0.5) is 0 Å². The largest absolute Gasteiger partial charge is 0.490 e. The molecule has 26 heavy (non-hydrogen) atoms. The van der Waals surface area contributed by atoms with Gasteiger partial charge in [0.25, 0.3) is 0 Å². The van der Waals surface area contributed by atoms with Crippen LogP contribution in [-0.4, -0.2) is 36.0 Å². The molecule has 1 aliphatic heterocycles. The molecule has 134 valence electrons. The topological polar surface area (TPSA) is 112 Å². The Hall–Kier alpha value is -2.97. The maximum Gasteiger partial charge on any atom is 0.343 e. The first kappa shape index (κ1) is 15.3. The predicted octanol–water partition coefficient (Wildman–Crippen LogP) is 1.68. The molecule has 0 bridgehead atoms. The predicted molar refractivity (Wildman–Crippen MR) is 89.7 cm³/mol. The molecule has 0 amide bonds. The van der Waals surface area contributed by atoms with Crippen LogP contribution < -0.4 is 10.4 Å². The minimum Gasteiger partial charge on any atom is -0.490 e. The number of aromatic amines is 1. The highest BCUT2D eigenvalue weighted by Crippen LogP contribution is 2.29. The lowest BCUT2D eigenvalue weighted by molar-refractivity contribution is 0.120. The summed E-state index contributed by atoms with van der Waals surface area (Å²) in [5.74, 6) is 2.50. The highest BCUT2D eigenvalue weighted by atomic mass is 16.5. The fraction of sp³-hybridized carbons (Fsp3) is 0.471. The number of aryl methyl sites for hydroxylation is 1. The summed E-state index contributed by atoms with van der Waals surface area (Å²) in [7, 11) is 0. The number of ether oxygens (including phenoxy) is 1. The van der Waals surface area contributed by atoms with Gasteiger partial charge >= 0.3 is 5.69 Å². The van der Waals surface area contributed by atoms with Gasteiger partial charge in [-0.3, -0.25) is 9.55 Å². The molecule has 0 saturated heterocycles. The zero-order valence-corrected chi connectivity index (χ0v) is 14.1. The number of hydrogen-bond donors (Lipinski definition) is 1. The highest BCUT2D eigenvalue weighted by Gasteiger charge is 2.27. The minimum absolute atomic E-state index is 0.00606. The van der Waals surface area contributed by atoms with Crippen molar-refractivity contribution >= 4 is 0 Å². The quantitative estimate of drug-likeness (QED) is 0.758. The molecular formula is C17H18N6O3. The van der Waals surface area contributed by atoms with Crippen molar-refractivity contribution in [2.45, 2.75) is 50.7 Å². The number of aromatic nitrogens is 6. The van der Waals surface area contributed by atoms with Crippen molar-refractivity contribution in [1.82, 2.24) is 29.9 Å². The van der Waals surface area contributed by atoms with Gasteiger partial charge in [-0.1, -0.05) is 5.16 Å². The summed E-state index contributed by atoms with van der Waals surface area (Å²) in [6.45, 7) is 0.491. The maximum absolute atomic E-state index is 11.8. The first-order valence-corrected chi connectivity index (χ1v) is 8.87. The first-order chi connectivity index (χ1) is 12.8. The zero-order chi connectivity index (χ0) is 17.5. The van der Waals surface area contributed by atoms with Crippen molar-refractivity contribution in [2.75, 3.05) is 0 Å². The number of hydrogen-bond acceptors (Lipinski definition) is 7. The molecule has 3 aromatic heterocycles. The lowest BCUT2D eigenvalue weighted by Crippen LogP contribution is -2.27. The standard InChI is InChI=1S/C17H18N6O3/c24-17-21-20-14-5-4-10(9-23(14)17)16-19-15(22-26-16)13-8-12(6-7-18-13)25-11-2-1-3-11/h6-8,10-11H,1-5,9H2,(H,21,24). The molecule has 1 saturated carbocycles. The average Bonchev–Trinajstić information content (AvgIpc) is 3.26. The van der Waals surface area contributed by atoms with Crippen molar-refractivity contribution in [3.05, 3.63) is 40.5 Å². The third kappa shape index (κ3) is 2.69. The Kier molecular flexibility index (Phi) is 3.58. The van der Waals surface area contributed by atoms with E-state index in [0.717, 1.165) is 30.8 Å². The van der Waals surface area contributed by atoms with Crippen molar-refractivity contribution in [3.8, 4) is 17.3 Å². The van der Waals surface area contributed by atoms with E-state index in [9.17, 15) is 4.79 Å². The Bertz CT molecular complexity index is 986. The monoisotopic (exact) mass is 354 g/mol. The second kappa shape index (κ2) is 6.08. The third-order valence-corrected chi connectivity index (χ3v) is 5.06. The van der Waals surface area contributed by atoms with Gasteiger partial charge in [-0.25, -0.2) is 9.89 Å². The number of rotatable bonds is 4.